The SMILES string of the molecule is CCCCOc1c(OC/C=C(\C)CCC=C(C)C)c2ccc([N+](=O)[O-])cc2[nH]c1=O. The number of unbranched alkanes of at least 4 members (excludes halogenated alkanes) is 1. The summed E-state index contributed by atoms with van der Waals surface area (Å²) in [6.45, 7) is 8.90. The first kappa shape index (κ1) is 23.2. The fourth-order valence-electron chi connectivity index (χ4n) is 2.90. The Kier molecular flexibility index (Phi) is 8.65. The summed E-state index contributed by atoms with van der Waals surface area (Å²) in [5, 5.41) is 11.6. The zero-order chi connectivity index (χ0) is 22.1. The molecule has 7 nitrogen and oxygen atoms in total. The maximum absolute atomic E-state index is 12.6. The first-order valence-electron chi connectivity index (χ1n) is 10.2. The third-order valence-electron chi connectivity index (χ3n) is 4.61. The Morgan fingerprint density at radius 1 is 1.17 bits per heavy atom. The Labute approximate surface area is 176 Å². The molecular weight excluding hydrogens is 384 g/mol. The number of aromatic nitrogens is 1. The molecular formula is C23H30N2O5. The lowest BCUT2D eigenvalue weighted by Crippen LogP contribution is -2.15. The topological polar surface area (TPSA) is 94.5 Å². The first-order chi connectivity index (χ1) is 14.3. The Hall–Kier alpha value is -3.09. The molecule has 0 saturated carbocycles. The molecule has 0 radical (unpaired) electrons. The summed E-state index contributed by atoms with van der Waals surface area (Å²) in [7, 11) is 0. The molecule has 0 aliphatic heterocycles. The lowest BCUT2D eigenvalue weighted by atomic mass is 10.1. The number of nitrogens with zero attached hydrogens (tertiary/aromatic N) is 1. The van der Waals surface area contributed by atoms with Crippen LogP contribution < -0.4 is 15.0 Å². The number of non-ortho nitro benzene ring substituents is 1. The van der Waals surface area contributed by atoms with Crippen LogP contribution in [0.4, 0.5) is 5.69 Å². The molecule has 162 valence electrons. The standard InChI is InChI=1S/C23H30N2O5/c1-5-6-13-29-22-21(30-14-12-17(4)9-7-8-16(2)3)19-11-10-18(25(27)28)15-20(19)24-23(22)26/h8,10-12,15H,5-7,9,13-14H2,1-4H3,(H,24,26)/b17-12+. The quantitative estimate of drug-likeness (QED) is 0.221. The molecule has 1 heterocycles. The molecule has 7 heteroatoms. The highest BCUT2D eigenvalue weighted by molar-refractivity contribution is 5.88. The first-order valence-corrected chi connectivity index (χ1v) is 10.2. The third kappa shape index (κ3) is 6.47. The van der Waals surface area contributed by atoms with Gasteiger partial charge in [-0.15, -0.1) is 0 Å². The second kappa shape index (κ2) is 11.2. The van der Waals surface area contributed by atoms with Crippen molar-refractivity contribution in [3.8, 4) is 11.5 Å². The minimum atomic E-state index is -0.498. The van der Waals surface area contributed by atoms with Crippen LogP contribution in [0.3, 0.4) is 0 Å². The number of pyridine rings is 1. The molecule has 0 aliphatic rings. The van der Waals surface area contributed by atoms with Gasteiger partial charge >= 0.3 is 0 Å². The smallest absolute Gasteiger partial charge is 0.294 e. The van der Waals surface area contributed by atoms with Crippen molar-refractivity contribution in [2.45, 2.75) is 53.4 Å². The summed E-state index contributed by atoms with van der Waals surface area (Å²) in [6.07, 6.45) is 7.80. The van der Waals surface area contributed by atoms with Crippen molar-refractivity contribution >= 4 is 16.6 Å². The van der Waals surface area contributed by atoms with Crippen molar-refractivity contribution in [2.24, 2.45) is 0 Å². The molecule has 0 fully saturated rings. The van der Waals surface area contributed by atoms with E-state index < -0.39 is 10.5 Å². The summed E-state index contributed by atoms with van der Waals surface area (Å²) in [5.41, 5.74) is 2.26. The van der Waals surface area contributed by atoms with E-state index in [0.29, 0.717) is 23.3 Å². The van der Waals surface area contributed by atoms with Crippen LogP contribution in [0.5, 0.6) is 11.5 Å². The van der Waals surface area contributed by atoms with Gasteiger partial charge in [-0.05, 0) is 52.2 Å². The normalized spacial score (nSPS) is 11.4. The van der Waals surface area contributed by atoms with Crippen LogP contribution in [0.1, 0.15) is 53.4 Å². The number of H-pyrrole nitrogens is 1. The Bertz CT molecular complexity index is 1000. The Morgan fingerprint density at radius 3 is 2.60 bits per heavy atom. The van der Waals surface area contributed by atoms with Crippen molar-refractivity contribution in [1.82, 2.24) is 4.98 Å². The number of aromatic amines is 1. The predicted molar refractivity (Wildman–Crippen MR) is 120 cm³/mol. The lowest BCUT2D eigenvalue weighted by molar-refractivity contribution is -0.384. The van der Waals surface area contributed by atoms with E-state index in [1.54, 1.807) is 6.07 Å². The van der Waals surface area contributed by atoms with E-state index in [0.717, 1.165) is 25.7 Å². The van der Waals surface area contributed by atoms with E-state index in [1.165, 1.54) is 23.3 Å². The monoisotopic (exact) mass is 414 g/mol. The van der Waals surface area contributed by atoms with Gasteiger partial charge in [0.15, 0.2) is 5.75 Å². The molecule has 1 N–H and O–H groups in total. The van der Waals surface area contributed by atoms with Gasteiger partial charge in [0.1, 0.15) is 6.61 Å². The Balaban J connectivity index is 2.33. The summed E-state index contributed by atoms with van der Waals surface area (Å²) >= 11 is 0. The number of nitro benzene ring substituents is 1. The molecule has 0 amide bonds. The number of benzene rings is 1. The van der Waals surface area contributed by atoms with E-state index in [1.807, 2.05) is 19.9 Å². The number of nitro groups is 1. The number of nitrogens with one attached hydrogen (secondary N) is 1. The van der Waals surface area contributed by atoms with Crippen LogP contribution in [0.25, 0.3) is 10.9 Å². The van der Waals surface area contributed by atoms with E-state index in [2.05, 4.69) is 24.9 Å². The molecule has 2 aromatic rings. The molecule has 0 saturated heterocycles. The number of allylic oxidation sites excluding steroid dienone is 3. The summed E-state index contributed by atoms with van der Waals surface area (Å²) in [5.74, 6) is 0.425. The van der Waals surface area contributed by atoms with E-state index >= 15 is 0 Å². The van der Waals surface area contributed by atoms with Crippen LogP contribution in [-0.4, -0.2) is 23.1 Å². The van der Waals surface area contributed by atoms with Crippen molar-refractivity contribution in [1.29, 1.82) is 0 Å². The molecule has 1 aromatic heterocycles. The largest absolute Gasteiger partial charge is 0.485 e. The summed E-state index contributed by atoms with van der Waals surface area (Å²) < 4.78 is 11.7. The summed E-state index contributed by atoms with van der Waals surface area (Å²) in [4.78, 5) is 25.8. The van der Waals surface area contributed by atoms with Crippen LogP contribution >= 0.6 is 0 Å². The van der Waals surface area contributed by atoms with Gasteiger partial charge in [-0.2, -0.15) is 0 Å². The van der Waals surface area contributed by atoms with Crippen LogP contribution in [0, 0.1) is 10.1 Å². The molecule has 0 bridgehead atoms. The number of ether oxygens (including phenoxy) is 2. The number of fused-ring (bicyclic) bond motifs is 1. The van der Waals surface area contributed by atoms with E-state index in [9.17, 15) is 14.9 Å². The maximum Gasteiger partial charge on any atom is 0.294 e. The van der Waals surface area contributed by atoms with Crippen molar-refractivity contribution in [3.63, 3.8) is 0 Å². The summed E-state index contributed by atoms with van der Waals surface area (Å²) in [6, 6.07) is 4.31. The maximum atomic E-state index is 12.6. The molecule has 0 aliphatic carbocycles. The second-order valence-corrected chi connectivity index (χ2v) is 7.48. The number of hydrogen-bond donors (Lipinski definition) is 1. The van der Waals surface area contributed by atoms with Gasteiger partial charge in [0, 0.05) is 17.5 Å². The molecule has 0 spiro atoms. The molecule has 1 aromatic carbocycles. The van der Waals surface area contributed by atoms with Crippen LogP contribution in [0.2, 0.25) is 0 Å². The van der Waals surface area contributed by atoms with Gasteiger partial charge in [0.2, 0.25) is 5.75 Å². The minimum Gasteiger partial charge on any atom is -0.485 e. The fourth-order valence-corrected chi connectivity index (χ4v) is 2.90. The average Bonchev–Trinajstić information content (AvgIpc) is 2.68. The lowest BCUT2D eigenvalue weighted by Gasteiger charge is -2.14. The highest BCUT2D eigenvalue weighted by Gasteiger charge is 2.18. The third-order valence-corrected chi connectivity index (χ3v) is 4.61. The molecule has 0 unspecified atom stereocenters. The predicted octanol–water partition coefficient (Wildman–Crippen LogP) is 5.69. The van der Waals surface area contributed by atoms with Gasteiger partial charge in [-0.25, -0.2) is 0 Å². The Morgan fingerprint density at radius 2 is 1.93 bits per heavy atom. The molecule has 2 rings (SSSR count). The van der Waals surface area contributed by atoms with Gasteiger partial charge in [0.25, 0.3) is 11.2 Å². The van der Waals surface area contributed by atoms with Crippen molar-refractivity contribution < 1.29 is 14.4 Å². The van der Waals surface area contributed by atoms with Gasteiger partial charge in [0.05, 0.1) is 17.0 Å². The van der Waals surface area contributed by atoms with Crippen LogP contribution in [0.15, 0.2) is 46.3 Å². The van der Waals surface area contributed by atoms with E-state index in [-0.39, 0.29) is 18.0 Å². The molecule has 0 atom stereocenters. The van der Waals surface area contributed by atoms with Gasteiger partial charge in [-0.1, -0.05) is 30.6 Å². The van der Waals surface area contributed by atoms with E-state index in [4.69, 9.17) is 9.47 Å². The average molecular weight is 415 g/mol. The van der Waals surface area contributed by atoms with Crippen molar-refractivity contribution in [2.75, 3.05) is 13.2 Å². The fraction of sp³-hybridized carbons (Fsp3) is 0.435. The second-order valence-electron chi connectivity index (χ2n) is 7.48. The molecule has 30 heavy (non-hydrogen) atoms. The van der Waals surface area contributed by atoms with Crippen LogP contribution in [-0.2, 0) is 0 Å². The number of rotatable bonds is 11. The zero-order valence-corrected chi connectivity index (χ0v) is 18.1. The van der Waals surface area contributed by atoms with Gasteiger partial charge in [-0.3, -0.25) is 14.9 Å². The number of hydrogen-bond acceptors (Lipinski definition) is 5. The zero-order valence-electron chi connectivity index (χ0n) is 18.1. The minimum absolute atomic E-state index is 0.0984. The van der Waals surface area contributed by atoms with Gasteiger partial charge < -0.3 is 14.5 Å². The van der Waals surface area contributed by atoms with Crippen molar-refractivity contribution in [3.05, 3.63) is 62.0 Å². The highest BCUT2D eigenvalue weighted by atomic mass is 16.6. The highest BCUT2D eigenvalue weighted by Crippen LogP contribution is 2.33.